The second-order valence-electron chi connectivity index (χ2n) is 6.67. The smallest absolute Gasteiger partial charge is 0.308 e. The Bertz CT molecular complexity index is 921. The van der Waals surface area contributed by atoms with Crippen molar-refractivity contribution in [2.24, 2.45) is 0 Å². The Morgan fingerprint density at radius 2 is 1.83 bits per heavy atom. The quantitative estimate of drug-likeness (QED) is 0.435. The number of amides is 1. The molecular weight excluding hydrogens is 372 g/mol. The number of benzene rings is 1. The van der Waals surface area contributed by atoms with Crippen LogP contribution in [0.25, 0.3) is 6.08 Å². The van der Waals surface area contributed by atoms with Crippen LogP contribution >= 0.6 is 0 Å². The Hall–Kier alpha value is -3.42. The molecule has 0 aliphatic carbocycles. The van der Waals surface area contributed by atoms with Gasteiger partial charge in [-0.25, -0.2) is 9.97 Å². The maximum absolute atomic E-state index is 12.5. The Balaban J connectivity index is 1.59. The van der Waals surface area contributed by atoms with Gasteiger partial charge in [0.15, 0.2) is 11.5 Å². The van der Waals surface area contributed by atoms with Crippen molar-refractivity contribution in [3.8, 4) is 11.5 Å². The number of hydrogen-bond acceptors (Lipinski definition) is 7. The van der Waals surface area contributed by atoms with E-state index in [4.69, 9.17) is 9.47 Å². The molecule has 1 aliphatic rings. The average molecular weight is 396 g/mol. The number of hydrogen-bond donors (Lipinski definition) is 0. The number of anilines is 1. The molecule has 0 unspecified atom stereocenters. The number of carbonyl (C=O) groups is 2. The van der Waals surface area contributed by atoms with E-state index >= 15 is 0 Å². The van der Waals surface area contributed by atoms with E-state index in [1.807, 2.05) is 17.9 Å². The summed E-state index contributed by atoms with van der Waals surface area (Å²) < 4.78 is 10.3. The van der Waals surface area contributed by atoms with Crippen LogP contribution in [-0.2, 0) is 9.59 Å². The maximum atomic E-state index is 12.5. The molecule has 3 rings (SSSR count). The highest BCUT2D eigenvalue weighted by Crippen LogP contribution is 2.28. The van der Waals surface area contributed by atoms with Gasteiger partial charge in [-0.05, 0) is 30.7 Å². The molecule has 2 heterocycles. The molecule has 29 heavy (non-hydrogen) atoms. The van der Waals surface area contributed by atoms with Crippen LogP contribution < -0.4 is 14.4 Å². The standard InChI is InChI=1S/C21H24N4O4/c1-15-12-20(23-14-22-15)24-8-10-25(11-9-24)21(27)7-5-17-4-6-18(29-16(2)26)19(13-17)28-3/h4-7,12-14H,8-11H2,1-3H3/b7-5+. The first-order chi connectivity index (χ1) is 14.0. The molecule has 0 N–H and O–H groups in total. The van der Waals surface area contributed by atoms with Gasteiger partial charge < -0.3 is 19.3 Å². The highest BCUT2D eigenvalue weighted by Gasteiger charge is 2.20. The van der Waals surface area contributed by atoms with E-state index in [0.717, 1.165) is 30.2 Å². The van der Waals surface area contributed by atoms with Crippen LogP contribution in [-0.4, -0.2) is 60.0 Å². The van der Waals surface area contributed by atoms with Crippen LogP contribution in [0.1, 0.15) is 18.2 Å². The Labute approximate surface area is 169 Å². The molecule has 1 fully saturated rings. The zero-order chi connectivity index (χ0) is 20.8. The van der Waals surface area contributed by atoms with Gasteiger partial charge in [0.1, 0.15) is 12.1 Å². The Morgan fingerprint density at radius 3 is 2.48 bits per heavy atom. The van der Waals surface area contributed by atoms with Gasteiger partial charge >= 0.3 is 5.97 Å². The molecule has 2 aromatic rings. The molecule has 0 radical (unpaired) electrons. The first-order valence-corrected chi connectivity index (χ1v) is 9.33. The summed E-state index contributed by atoms with van der Waals surface area (Å²) in [5.41, 5.74) is 1.70. The topological polar surface area (TPSA) is 84.9 Å². The summed E-state index contributed by atoms with van der Waals surface area (Å²) in [6.45, 7) is 5.96. The fourth-order valence-electron chi connectivity index (χ4n) is 3.07. The van der Waals surface area contributed by atoms with Crippen molar-refractivity contribution in [1.82, 2.24) is 14.9 Å². The molecule has 8 heteroatoms. The average Bonchev–Trinajstić information content (AvgIpc) is 2.72. The summed E-state index contributed by atoms with van der Waals surface area (Å²) in [4.78, 5) is 36.1. The number of methoxy groups -OCH3 is 1. The minimum absolute atomic E-state index is 0.0495. The lowest BCUT2D eigenvalue weighted by Gasteiger charge is -2.34. The fraction of sp³-hybridized carbons (Fsp3) is 0.333. The lowest BCUT2D eigenvalue weighted by atomic mass is 10.2. The summed E-state index contributed by atoms with van der Waals surface area (Å²) in [5, 5.41) is 0. The zero-order valence-electron chi connectivity index (χ0n) is 16.8. The van der Waals surface area contributed by atoms with Crippen molar-refractivity contribution in [3.05, 3.63) is 47.9 Å². The van der Waals surface area contributed by atoms with Crippen LogP contribution in [0.2, 0.25) is 0 Å². The number of piperazine rings is 1. The van der Waals surface area contributed by atoms with E-state index in [9.17, 15) is 9.59 Å². The fourth-order valence-corrected chi connectivity index (χ4v) is 3.07. The molecule has 8 nitrogen and oxygen atoms in total. The first kappa shape index (κ1) is 20.3. The predicted molar refractivity (Wildman–Crippen MR) is 109 cm³/mol. The normalized spacial score (nSPS) is 14.2. The second-order valence-corrected chi connectivity index (χ2v) is 6.67. The van der Waals surface area contributed by atoms with Crippen molar-refractivity contribution in [2.75, 3.05) is 38.2 Å². The molecule has 1 aliphatic heterocycles. The zero-order valence-corrected chi connectivity index (χ0v) is 16.8. The number of esters is 1. The van der Waals surface area contributed by atoms with Crippen molar-refractivity contribution < 1.29 is 19.1 Å². The minimum atomic E-state index is -0.418. The lowest BCUT2D eigenvalue weighted by Crippen LogP contribution is -2.48. The molecule has 1 aromatic carbocycles. The monoisotopic (exact) mass is 396 g/mol. The van der Waals surface area contributed by atoms with Crippen LogP contribution in [0.5, 0.6) is 11.5 Å². The van der Waals surface area contributed by atoms with E-state index < -0.39 is 5.97 Å². The van der Waals surface area contributed by atoms with Crippen molar-refractivity contribution >= 4 is 23.8 Å². The van der Waals surface area contributed by atoms with Gasteiger partial charge in [-0.15, -0.1) is 0 Å². The van der Waals surface area contributed by atoms with E-state index in [1.165, 1.54) is 14.0 Å². The van der Waals surface area contributed by atoms with E-state index in [0.29, 0.717) is 24.6 Å². The third-order valence-electron chi connectivity index (χ3n) is 4.56. The minimum Gasteiger partial charge on any atom is -0.493 e. The lowest BCUT2D eigenvalue weighted by molar-refractivity contribution is -0.132. The van der Waals surface area contributed by atoms with Crippen LogP contribution in [0, 0.1) is 6.92 Å². The number of nitrogens with zero attached hydrogens (tertiary/aromatic N) is 4. The third kappa shape index (κ3) is 5.31. The van der Waals surface area contributed by atoms with Gasteiger partial charge in [0.25, 0.3) is 0 Å². The molecule has 0 bridgehead atoms. The van der Waals surface area contributed by atoms with E-state index in [2.05, 4.69) is 14.9 Å². The van der Waals surface area contributed by atoms with Crippen LogP contribution in [0.3, 0.4) is 0 Å². The van der Waals surface area contributed by atoms with E-state index in [1.54, 1.807) is 36.7 Å². The molecule has 0 saturated carbocycles. The Kier molecular flexibility index (Phi) is 6.43. The number of aromatic nitrogens is 2. The van der Waals surface area contributed by atoms with Crippen molar-refractivity contribution in [3.63, 3.8) is 0 Å². The summed E-state index contributed by atoms with van der Waals surface area (Å²) in [7, 11) is 1.50. The third-order valence-corrected chi connectivity index (χ3v) is 4.56. The van der Waals surface area contributed by atoms with E-state index in [-0.39, 0.29) is 5.91 Å². The van der Waals surface area contributed by atoms with Crippen molar-refractivity contribution in [1.29, 1.82) is 0 Å². The van der Waals surface area contributed by atoms with Gasteiger partial charge in [-0.2, -0.15) is 0 Å². The molecule has 1 amide bonds. The second kappa shape index (κ2) is 9.18. The molecular formula is C21H24N4O4. The van der Waals surface area contributed by atoms with Gasteiger partial charge in [-0.3, -0.25) is 9.59 Å². The van der Waals surface area contributed by atoms with Crippen LogP contribution in [0.4, 0.5) is 5.82 Å². The molecule has 0 spiro atoms. The molecule has 1 aromatic heterocycles. The van der Waals surface area contributed by atoms with Gasteiger partial charge in [0.2, 0.25) is 5.91 Å². The highest BCUT2D eigenvalue weighted by molar-refractivity contribution is 5.92. The van der Waals surface area contributed by atoms with Crippen LogP contribution in [0.15, 0.2) is 36.7 Å². The number of rotatable bonds is 5. The molecule has 1 saturated heterocycles. The van der Waals surface area contributed by atoms with Gasteiger partial charge in [0.05, 0.1) is 7.11 Å². The predicted octanol–water partition coefficient (Wildman–Crippen LogP) is 2.08. The summed E-state index contributed by atoms with van der Waals surface area (Å²) in [6.07, 6.45) is 4.83. The molecule has 152 valence electrons. The Morgan fingerprint density at radius 1 is 1.07 bits per heavy atom. The van der Waals surface area contributed by atoms with Crippen molar-refractivity contribution in [2.45, 2.75) is 13.8 Å². The summed E-state index contributed by atoms with van der Waals surface area (Å²) >= 11 is 0. The summed E-state index contributed by atoms with van der Waals surface area (Å²) in [5.74, 6) is 1.20. The number of ether oxygens (including phenoxy) is 2. The summed E-state index contributed by atoms with van der Waals surface area (Å²) in [6, 6.07) is 7.08. The SMILES string of the molecule is COc1cc(/C=C/C(=O)N2CCN(c3cc(C)ncn3)CC2)ccc1OC(C)=O. The number of carbonyl (C=O) groups excluding carboxylic acids is 2. The largest absolute Gasteiger partial charge is 0.493 e. The first-order valence-electron chi connectivity index (χ1n) is 9.33. The maximum Gasteiger partial charge on any atom is 0.308 e. The highest BCUT2D eigenvalue weighted by atomic mass is 16.6. The van der Waals surface area contributed by atoms with Gasteiger partial charge in [0, 0.05) is 50.9 Å². The number of aryl methyl sites for hydroxylation is 1. The van der Waals surface area contributed by atoms with Gasteiger partial charge in [-0.1, -0.05) is 6.07 Å². The molecule has 0 atom stereocenters.